The van der Waals surface area contributed by atoms with Crippen LogP contribution in [0.15, 0.2) is 65.1 Å². The van der Waals surface area contributed by atoms with Crippen molar-refractivity contribution >= 4 is 27.5 Å². The molecular formula is C24H24BrNO5. The molecule has 0 fully saturated rings. The van der Waals surface area contributed by atoms with Crippen molar-refractivity contribution in [3.63, 3.8) is 0 Å². The molecule has 3 aromatic rings. The lowest BCUT2D eigenvalue weighted by atomic mass is 10.1. The first-order valence-corrected chi connectivity index (χ1v) is 10.5. The molecule has 0 aromatic heterocycles. The molecule has 0 aliphatic carbocycles. The van der Waals surface area contributed by atoms with Gasteiger partial charge in [0.1, 0.15) is 18.1 Å². The second kappa shape index (κ2) is 10.7. The van der Waals surface area contributed by atoms with Crippen LogP contribution in [0.25, 0.3) is 0 Å². The SMILES string of the molecule is CCOc1cc(C(=O)Nc2ccc(OC)cc2OC)cc(Br)c1OCc1ccccc1. The molecule has 0 aliphatic rings. The van der Waals surface area contributed by atoms with E-state index in [1.165, 1.54) is 7.11 Å². The zero-order valence-electron chi connectivity index (χ0n) is 17.6. The summed E-state index contributed by atoms with van der Waals surface area (Å²) < 4.78 is 22.9. The molecule has 1 N–H and O–H groups in total. The van der Waals surface area contributed by atoms with Crippen molar-refractivity contribution in [1.29, 1.82) is 0 Å². The summed E-state index contributed by atoms with van der Waals surface area (Å²) in [4.78, 5) is 12.9. The summed E-state index contributed by atoms with van der Waals surface area (Å²) >= 11 is 3.52. The number of benzene rings is 3. The van der Waals surface area contributed by atoms with E-state index in [0.717, 1.165) is 5.56 Å². The van der Waals surface area contributed by atoms with Crippen LogP contribution in [0.3, 0.4) is 0 Å². The van der Waals surface area contributed by atoms with Crippen molar-refractivity contribution in [2.75, 3.05) is 26.1 Å². The number of halogens is 1. The summed E-state index contributed by atoms with van der Waals surface area (Å²) in [5.74, 6) is 1.86. The molecule has 0 aliphatic heterocycles. The Morgan fingerprint density at radius 3 is 2.39 bits per heavy atom. The number of anilines is 1. The lowest BCUT2D eigenvalue weighted by Gasteiger charge is -2.16. The van der Waals surface area contributed by atoms with E-state index in [-0.39, 0.29) is 5.91 Å². The van der Waals surface area contributed by atoms with Crippen LogP contribution in [-0.4, -0.2) is 26.7 Å². The molecule has 7 heteroatoms. The van der Waals surface area contributed by atoms with Gasteiger partial charge in [0, 0.05) is 11.6 Å². The maximum atomic E-state index is 12.9. The first-order valence-electron chi connectivity index (χ1n) is 9.72. The van der Waals surface area contributed by atoms with E-state index in [1.807, 2.05) is 37.3 Å². The van der Waals surface area contributed by atoms with Gasteiger partial charge in [0.25, 0.3) is 5.91 Å². The predicted molar refractivity (Wildman–Crippen MR) is 124 cm³/mol. The summed E-state index contributed by atoms with van der Waals surface area (Å²) in [5, 5.41) is 2.87. The molecule has 0 unspecified atom stereocenters. The van der Waals surface area contributed by atoms with Gasteiger partial charge < -0.3 is 24.3 Å². The van der Waals surface area contributed by atoms with Crippen LogP contribution in [0.1, 0.15) is 22.8 Å². The number of ether oxygens (including phenoxy) is 4. The summed E-state index contributed by atoms with van der Waals surface area (Å²) in [6.45, 7) is 2.70. The summed E-state index contributed by atoms with van der Waals surface area (Å²) in [6, 6.07) is 18.4. The number of amides is 1. The van der Waals surface area contributed by atoms with Gasteiger partial charge in [-0.1, -0.05) is 30.3 Å². The van der Waals surface area contributed by atoms with Gasteiger partial charge >= 0.3 is 0 Å². The Labute approximate surface area is 190 Å². The van der Waals surface area contributed by atoms with Crippen LogP contribution in [0, 0.1) is 0 Å². The molecule has 6 nitrogen and oxygen atoms in total. The van der Waals surface area contributed by atoms with Gasteiger partial charge in [0.15, 0.2) is 11.5 Å². The van der Waals surface area contributed by atoms with Crippen molar-refractivity contribution < 1.29 is 23.7 Å². The standard InChI is InChI=1S/C24H24BrNO5/c1-4-30-22-13-17(12-19(25)23(22)31-15-16-8-6-5-7-9-16)24(27)26-20-11-10-18(28-2)14-21(20)29-3/h5-14H,4,15H2,1-3H3,(H,26,27). The molecule has 31 heavy (non-hydrogen) atoms. The highest BCUT2D eigenvalue weighted by Gasteiger charge is 2.18. The van der Waals surface area contributed by atoms with Crippen LogP contribution in [0.2, 0.25) is 0 Å². The minimum Gasteiger partial charge on any atom is -0.497 e. The van der Waals surface area contributed by atoms with Crippen molar-refractivity contribution in [2.24, 2.45) is 0 Å². The summed E-state index contributed by atoms with van der Waals surface area (Å²) in [6.07, 6.45) is 0. The number of methoxy groups -OCH3 is 2. The molecule has 0 atom stereocenters. The van der Waals surface area contributed by atoms with Crippen LogP contribution in [0.4, 0.5) is 5.69 Å². The van der Waals surface area contributed by atoms with Gasteiger partial charge in [-0.2, -0.15) is 0 Å². The van der Waals surface area contributed by atoms with Gasteiger partial charge in [0.05, 0.1) is 31.0 Å². The highest BCUT2D eigenvalue weighted by Crippen LogP contribution is 2.38. The minimum absolute atomic E-state index is 0.306. The first-order chi connectivity index (χ1) is 15.0. The quantitative estimate of drug-likeness (QED) is 0.421. The Morgan fingerprint density at radius 2 is 1.71 bits per heavy atom. The lowest BCUT2D eigenvalue weighted by Crippen LogP contribution is -2.13. The van der Waals surface area contributed by atoms with E-state index in [2.05, 4.69) is 21.2 Å². The maximum absolute atomic E-state index is 12.9. The van der Waals surface area contributed by atoms with E-state index in [9.17, 15) is 4.79 Å². The van der Waals surface area contributed by atoms with Crippen molar-refractivity contribution in [2.45, 2.75) is 13.5 Å². The Kier molecular flexibility index (Phi) is 7.78. The molecular weight excluding hydrogens is 462 g/mol. The fraction of sp³-hybridized carbons (Fsp3) is 0.208. The van der Waals surface area contributed by atoms with E-state index >= 15 is 0 Å². The topological polar surface area (TPSA) is 66.0 Å². The minimum atomic E-state index is -0.306. The van der Waals surface area contributed by atoms with Gasteiger partial charge in [-0.05, 0) is 52.7 Å². The molecule has 0 radical (unpaired) electrons. The molecule has 162 valence electrons. The summed E-state index contributed by atoms with van der Waals surface area (Å²) in [5.41, 5.74) is 1.98. The fourth-order valence-electron chi connectivity index (χ4n) is 2.93. The molecule has 0 saturated heterocycles. The van der Waals surface area contributed by atoms with Gasteiger partial charge in [-0.25, -0.2) is 0 Å². The van der Waals surface area contributed by atoms with Crippen LogP contribution in [-0.2, 0) is 6.61 Å². The number of nitrogens with one attached hydrogen (secondary N) is 1. The van der Waals surface area contributed by atoms with Crippen LogP contribution < -0.4 is 24.3 Å². The second-order valence-corrected chi connectivity index (χ2v) is 7.37. The third kappa shape index (κ3) is 5.70. The molecule has 1 amide bonds. The van der Waals surface area contributed by atoms with Gasteiger partial charge in [-0.15, -0.1) is 0 Å². The van der Waals surface area contributed by atoms with Crippen LogP contribution >= 0.6 is 15.9 Å². The third-order valence-electron chi connectivity index (χ3n) is 4.45. The molecule has 3 aromatic carbocycles. The van der Waals surface area contributed by atoms with Gasteiger partial charge in [-0.3, -0.25) is 4.79 Å². The van der Waals surface area contributed by atoms with E-state index in [1.54, 1.807) is 37.4 Å². The predicted octanol–water partition coefficient (Wildman–Crippen LogP) is 5.70. The third-order valence-corrected chi connectivity index (χ3v) is 5.04. The Bertz CT molecular complexity index is 1040. The Balaban J connectivity index is 1.83. The van der Waals surface area contributed by atoms with E-state index in [4.69, 9.17) is 18.9 Å². The smallest absolute Gasteiger partial charge is 0.255 e. The Morgan fingerprint density at radius 1 is 0.935 bits per heavy atom. The monoisotopic (exact) mass is 485 g/mol. The van der Waals surface area contributed by atoms with Gasteiger partial charge in [0.2, 0.25) is 0 Å². The number of rotatable bonds is 9. The van der Waals surface area contributed by atoms with Crippen molar-refractivity contribution in [3.05, 3.63) is 76.3 Å². The zero-order chi connectivity index (χ0) is 22.2. The highest BCUT2D eigenvalue weighted by atomic mass is 79.9. The largest absolute Gasteiger partial charge is 0.497 e. The van der Waals surface area contributed by atoms with Crippen LogP contribution in [0.5, 0.6) is 23.0 Å². The highest BCUT2D eigenvalue weighted by molar-refractivity contribution is 9.10. The molecule has 0 bridgehead atoms. The Hall–Kier alpha value is -3.19. The van der Waals surface area contributed by atoms with Crippen molar-refractivity contribution in [3.8, 4) is 23.0 Å². The molecule has 0 saturated carbocycles. The number of carbonyl (C=O) groups is 1. The molecule has 0 heterocycles. The molecule has 3 rings (SSSR count). The van der Waals surface area contributed by atoms with Crippen molar-refractivity contribution in [1.82, 2.24) is 0 Å². The average molecular weight is 486 g/mol. The fourth-order valence-corrected chi connectivity index (χ4v) is 3.48. The first kappa shape index (κ1) is 22.5. The van der Waals surface area contributed by atoms with E-state index < -0.39 is 0 Å². The number of hydrogen-bond acceptors (Lipinski definition) is 5. The maximum Gasteiger partial charge on any atom is 0.255 e. The molecule has 0 spiro atoms. The number of carbonyl (C=O) groups excluding carboxylic acids is 1. The second-order valence-electron chi connectivity index (χ2n) is 6.51. The normalized spacial score (nSPS) is 10.3. The zero-order valence-corrected chi connectivity index (χ0v) is 19.2. The average Bonchev–Trinajstić information content (AvgIpc) is 2.79. The number of hydrogen-bond donors (Lipinski definition) is 1. The van der Waals surface area contributed by atoms with E-state index in [0.29, 0.717) is 51.9 Å². The lowest BCUT2D eigenvalue weighted by molar-refractivity contribution is 0.102. The summed E-state index contributed by atoms with van der Waals surface area (Å²) in [7, 11) is 3.11.